The Morgan fingerprint density at radius 2 is 2.12 bits per heavy atom. The third-order valence-electron chi connectivity index (χ3n) is 2.77. The molecule has 0 atom stereocenters. The zero-order chi connectivity index (χ0) is 11.4. The molecule has 3 nitrogen and oxygen atoms in total. The lowest BCUT2D eigenvalue weighted by molar-refractivity contribution is 0.122. The number of hydrogen-bond acceptors (Lipinski definition) is 3. The lowest BCUT2D eigenvalue weighted by atomic mass is 10.1. The van der Waals surface area contributed by atoms with Gasteiger partial charge in [0.2, 0.25) is 0 Å². The first kappa shape index (κ1) is 11.9. The second-order valence-electron chi connectivity index (χ2n) is 3.90. The first-order valence-corrected chi connectivity index (χ1v) is 6.36. The zero-order valence-electron chi connectivity index (χ0n) is 9.50. The number of morpholine rings is 1. The molecule has 2 rings (SSSR count). The molecule has 1 heterocycles. The van der Waals surface area contributed by atoms with Gasteiger partial charge in [-0.25, -0.2) is 0 Å². The van der Waals surface area contributed by atoms with Crippen LogP contribution in [0.1, 0.15) is 5.56 Å². The predicted octanol–water partition coefficient (Wildman–Crippen LogP) is 2.01. The minimum atomic E-state index is 0.825. The summed E-state index contributed by atoms with van der Waals surface area (Å²) < 4.78 is 6.52. The van der Waals surface area contributed by atoms with Crippen molar-refractivity contribution in [2.24, 2.45) is 0 Å². The summed E-state index contributed by atoms with van der Waals surface area (Å²) in [7, 11) is 1.98. The first-order chi connectivity index (χ1) is 7.81. The summed E-state index contributed by atoms with van der Waals surface area (Å²) in [5, 5.41) is 3.21. The molecule has 0 aliphatic carbocycles. The van der Waals surface area contributed by atoms with Crippen molar-refractivity contribution in [3.05, 3.63) is 28.2 Å². The Kier molecular flexibility index (Phi) is 4.21. The molecular formula is C12H17BrN2O. The van der Waals surface area contributed by atoms with Crippen LogP contribution in [0.3, 0.4) is 0 Å². The van der Waals surface area contributed by atoms with Crippen LogP contribution < -0.4 is 10.2 Å². The molecule has 0 bridgehead atoms. The van der Waals surface area contributed by atoms with Gasteiger partial charge < -0.3 is 15.0 Å². The van der Waals surface area contributed by atoms with E-state index in [0.717, 1.165) is 37.3 Å². The van der Waals surface area contributed by atoms with E-state index in [1.165, 1.54) is 11.3 Å². The molecular weight excluding hydrogens is 268 g/mol. The van der Waals surface area contributed by atoms with Crippen LogP contribution in [0, 0.1) is 0 Å². The molecule has 1 saturated heterocycles. The molecule has 1 aromatic carbocycles. The highest BCUT2D eigenvalue weighted by atomic mass is 79.9. The van der Waals surface area contributed by atoms with Gasteiger partial charge in [0.15, 0.2) is 0 Å². The standard InChI is InChI=1S/C12H17BrN2O/c1-14-9-10-2-3-11(13)8-12(10)15-4-6-16-7-5-15/h2-3,8,14H,4-7,9H2,1H3. The van der Waals surface area contributed by atoms with Crippen molar-refractivity contribution in [3.8, 4) is 0 Å². The average molecular weight is 285 g/mol. The number of hydrogen-bond donors (Lipinski definition) is 1. The fourth-order valence-corrected chi connectivity index (χ4v) is 2.32. The molecule has 0 radical (unpaired) electrons. The summed E-state index contributed by atoms with van der Waals surface area (Å²) in [6, 6.07) is 6.46. The summed E-state index contributed by atoms with van der Waals surface area (Å²) in [4.78, 5) is 2.39. The molecule has 4 heteroatoms. The van der Waals surface area contributed by atoms with Gasteiger partial charge in [0.25, 0.3) is 0 Å². The molecule has 88 valence electrons. The number of halogens is 1. The maximum absolute atomic E-state index is 5.38. The Morgan fingerprint density at radius 3 is 2.81 bits per heavy atom. The molecule has 0 unspecified atom stereocenters. The van der Waals surface area contributed by atoms with Crippen molar-refractivity contribution >= 4 is 21.6 Å². The van der Waals surface area contributed by atoms with Crippen LogP contribution in [-0.2, 0) is 11.3 Å². The van der Waals surface area contributed by atoms with E-state index in [9.17, 15) is 0 Å². The fraction of sp³-hybridized carbons (Fsp3) is 0.500. The van der Waals surface area contributed by atoms with E-state index < -0.39 is 0 Å². The summed E-state index contributed by atoms with van der Waals surface area (Å²) >= 11 is 3.54. The largest absolute Gasteiger partial charge is 0.378 e. The maximum Gasteiger partial charge on any atom is 0.0642 e. The summed E-state index contributed by atoms with van der Waals surface area (Å²) in [6.07, 6.45) is 0. The fourth-order valence-electron chi connectivity index (χ4n) is 1.98. The van der Waals surface area contributed by atoms with Crippen LogP contribution in [0.5, 0.6) is 0 Å². The van der Waals surface area contributed by atoms with E-state index in [4.69, 9.17) is 4.74 Å². The van der Waals surface area contributed by atoms with Crippen LogP contribution in [0.15, 0.2) is 22.7 Å². The second-order valence-corrected chi connectivity index (χ2v) is 4.82. The van der Waals surface area contributed by atoms with E-state index in [1.807, 2.05) is 7.05 Å². The smallest absolute Gasteiger partial charge is 0.0642 e. The van der Waals surface area contributed by atoms with Crippen molar-refractivity contribution in [1.29, 1.82) is 0 Å². The number of nitrogens with zero attached hydrogens (tertiary/aromatic N) is 1. The monoisotopic (exact) mass is 284 g/mol. The van der Waals surface area contributed by atoms with Gasteiger partial charge in [0.05, 0.1) is 13.2 Å². The topological polar surface area (TPSA) is 24.5 Å². The van der Waals surface area contributed by atoms with Crippen LogP contribution in [-0.4, -0.2) is 33.4 Å². The Morgan fingerprint density at radius 1 is 1.38 bits per heavy atom. The van der Waals surface area contributed by atoms with Crippen molar-refractivity contribution in [2.75, 3.05) is 38.3 Å². The van der Waals surface area contributed by atoms with E-state index >= 15 is 0 Å². The Hall–Kier alpha value is -0.580. The van der Waals surface area contributed by atoms with Crippen molar-refractivity contribution in [1.82, 2.24) is 5.32 Å². The molecule has 0 amide bonds. The van der Waals surface area contributed by atoms with Gasteiger partial charge in [-0.2, -0.15) is 0 Å². The number of rotatable bonds is 3. The van der Waals surface area contributed by atoms with Gasteiger partial charge in [-0.3, -0.25) is 0 Å². The van der Waals surface area contributed by atoms with E-state index in [2.05, 4.69) is 44.3 Å². The van der Waals surface area contributed by atoms with Crippen LogP contribution >= 0.6 is 15.9 Å². The number of benzene rings is 1. The van der Waals surface area contributed by atoms with Gasteiger partial charge in [-0.05, 0) is 24.7 Å². The molecule has 1 fully saturated rings. The lowest BCUT2D eigenvalue weighted by Gasteiger charge is -2.30. The highest BCUT2D eigenvalue weighted by Crippen LogP contribution is 2.25. The Labute approximate surface area is 105 Å². The highest BCUT2D eigenvalue weighted by Gasteiger charge is 2.14. The number of nitrogens with one attached hydrogen (secondary N) is 1. The predicted molar refractivity (Wildman–Crippen MR) is 69.9 cm³/mol. The molecule has 0 aromatic heterocycles. The molecule has 1 aliphatic rings. The van der Waals surface area contributed by atoms with Crippen molar-refractivity contribution in [2.45, 2.75) is 6.54 Å². The van der Waals surface area contributed by atoms with E-state index in [0.29, 0.717) is 0 Å². The van der Waals surface area contributed by atoms with Gasteiger partial charge in [0, 0.05) is 29.8 Å². The zero-order valence-corrected chi connectivity index (χ0v) is 11.1. The highest BCUT2D eigenvalue weighted by molar-refractivity contribution is 9.10. The van der Waals surface area contributed by atoms with Gasteiger partial charge >= 0.3 is 0 Å². The van der Waals surface area contributed by atoms with Crippen molar-refractivity contribution < 1.29 is 4.74 Å². The Balaban J connectivity index is 2.24. The maximum atomic E-state index is 5.38. The third kappa shape index (κ3) is 2.75. The molecule has 1 aromatic rings. The minimum Gasteiger partial charge on any atom is -0.378 e. The summed E-state index contributed by atoms with van der Waals surface area (Å²) in [6.45, 7) is 4.51. The van der Waals surface area contributed by atoms with Gasteiger partial charge in [-0.1, -0.05) is 22.0 Å². The molecule has 0 spiro atoms. The quantitative estimate of drug-likeness (QED) is 0.919. The third-order valence-corrected chi connectivity index (χ3v) is 3.26. The van der Waals surface area contributed by atoms with Crippen molar-refractivity contribution in [3.63, 3.8) is 0 Å². The van der Waals surface area contributed by atoms with Gasteiger partial charge in [-0.15, -0.1) is 0 Å². The molecule has 1 aliphatic heterocycles. The average Bonchev–Trinajstić information content (AvgIpc) is 2.33. The molecule has 0 saturated carbocycles. The minimum absolute atomic E-state index is 0.825. The van der Waals surface area contributed by atoms with Crippen LogP contribution in [0.25, 0.3) is 0 Å². The number of anilines is 1. The van der Waals surface area contributed by atoms with Crippen LogP contribution in [0.4, 0.5) is 5.69 Å². The first-order valence-electron chi connectivity index (χ1n) is 5.57. The van der Waals surface area contributed by atoms with Crippen LogP contribution in [0.2, 0.25) is 0 Å². The second kappa shape index (κ2) is 5.66. The van der Waals surface area contributed by atoms with Gasteiger partial charge in [0.1, 0.15) is 0 Å². The number of ether oxygens (including phenoxy) is 1. The summed E-state index contributed by atoms with van der Waals surface area (Å²) in [5.41, 5.74) is 2.65. The molecule has 16 heavy (non-hydrogen) atoms. The Bertz CT molecular complexity index is 351. The summed E-state index contributed by atoms with van der Waals surface area (Å²) in [5.74, 6) is 0. The SMILES string of the molecule is CNCc1ccc(Br)cc1N1CCOCC1. The normalized spacial score (nSPS) is 16.5. The van der Waals surface area contributed by atoms with E-state index in [1.54, 1.807) is 0 Å². The lowest BCUT2D eigenvalue weighted by Crippen LogP contribution is -2.37. The van der Waals surface area contributed by atoms with E-state index in [-0.39, 0.29) is 0 Å². The molecule has 1 N–H and O–H groups in total.